The topological polar surface area (TPSA) is 113 Å². The predicted molar refractivity (Wildman–Crippen MR) is 76.5 cm³/mol. The van der Waals surface area contributed by atoms with Crippen LogP contribution >= 0.6 is 0 Å². The molecule has 1 saturated carbocycles. The van der Waals surface area contributed by atoms with Gasteiger partial charge >= 0.3 is 5.97 Å². The Morgan fingerprint density at radius 2 is 1.81 bits per heavy atom. The lowest BCUT2D eigenvalue weighted by molar-refractivity contribution is -0.139. The number of carboxylic acid groups (broad SMARTS) is 1. The normalized spacial score (nSPS) is 16.0. The van der Waals surface area contributed by atoms with Gasteiger partial charge in [-0.1, -0.05) is 0 Å². The third-order valence-electron chi connectivity index (χ3n) is 3.10. The van der Waals surface area contributed by atoms with Crippen LogP contribution < -0.4 is 10.0 Å². The first-order valence-corrected chi connectivity index (χ1v) is 8.27. The number of nitrogens with one attached hydrogen (secondary N) is 2. The second-order valence-corrected chi connectivity index (χ2v) is 6.83. The summed E-state index contributed by atoms with van der Waals surface area (Å²) in [5.74, 6) is -1.53. The van der Waals surface area contributed by atoms with Gasteiger partial charge in [-0.3, -0.25) is 9.52 Å². The Bertz CT molecular complexity index is 650. The predicted octanol–water partition coefficient (Wildman–Crippen LogP) is 0.651. The quantitative estimate of drug-likeness (QED) is 0.714. The Hall–Kier alpha value is -2.09. The molecule has 1 fully saturated rings. The molecule has 0 radical (unpaired) electrons. The monoisotopic (exact) mass is 312 g/mol. The van der Waals surface area contributed by atoms with E-state index in [1.807, 2.05) is 0 Å². The number of carbonyl (C=O) groups is 2. The van der Waals surface area contributed by atoms with Crippen molar-refractivity contribution in [3.05, 3.63) is 29.8 Å². The fourth-order valence-corrected chi connectivity index (χ4v) is 2.50. The lowest BCUT2D eigenvalue weighted by Crippen LogP contribution is -2.42. The molecule has 0 bridgehead atoms. The maximum Gasteiger partial charge on any atom is 0.326 e. The summed E-state index contributed by atoms with van der Waals surface area (Å²) in [7, 11) is -3.37. The van der Waals surface area contributed by atoms with Crippen molar-refractivity contribution in [2.45, 2.75) is 18.9 Å². The number of benzene rings is 1. The Kier molecular flexibility index (Phi) is 4.17. The van der Waals surface area contributed by atoms with Crippen LogP contribution in [0.2, 0.25) is 0 Å². The van der Waals surface area contributed by atoms with Crippen molar-refractivity contribution in [3.8, 4) is 0 Å². The van der Waals surface area contributed by atoms with Crippen LogP contribution in [-0.4, -0.2) is 37.7 Å². The molecule has 1 aromatic carbocycles. The van der Waals surface area contributed by atoms with Crippen molar-refractivity contribution in [2.75, 3.05) is 11.0 Å². The zero-order valence-corrected chi connectivity index (χ0v) is 12.2. The number of hydrogen-bond acceptors (Lipinski definition) is 4. The highest BCUT2D eigenvalue weighted by atomic mass is 32.2. The van der Waals surface area contributed by atoms with Gasteiger partial charge in [0.2, 0.25) is 10.0 Å². The highest BCUT2D eigenvalue weighted by Crippen LogP contribution is 2.32. The Morgan fingerprint density at radius 1 is 1.24 bits per heavy atom. The van der Waals surface area contributed by atoms with Gasteiger partial charge in [0.25, 0.3) is 5.91 Å². The summed E-state index contributed by atoms with van der Waals surface area (Å²) in [4.78, 5) is 23.0. The van der Waals surface area contributed by atoms with Gasteiger partial charge in [0.05, 0.1) is 6.26 Å². The number of aliphatic carboxylic acids is 1. The minimum absolute atomic E-state index is 0.00220. The van der Waals surface area contributed by atoms with Crippen LogP contribution in [0.25, 0.3) is 0 Å². The van der Waals surface area contributed by atoms with Gasteiger partial charge < -0.3 is 10.4 Å². The Morgan fingerprint density at radius 3 is 2.24 bits per heavy atom. The largest absolute Gasteiger partial charge is 0.480 e. The van der Waals surface area contributed by atoms with Crippen molar-refractivity contribution < 1.29 is 23.1 Å². The highest BCUT2D eigenvalue weighted by Gasteiger charge is 2.37. The van der Waals surface area contributed by atoms with E-state index in [4.69, 9.17) is 5.11 Å². The average Bonchev–Trinajstić information content (AvgIpc) is 3.18. The number of anilines is 1. The minimum atomic E-state index is -3.37. The molecule has 1 aliphatic carbocycles. The van der Waals surface area contributed by atoms with Gasteiger partial charge in [-0.2, -0.15) is 0 Å². The molecule has 0 aromatic heterocycles. The summed E-state index contributed by atoms with van der Waals surface area (Å²) >= 11 is 0. The standard InChI is InChI=1S/C13H16N2O5S/c1-21(19,20)15-10-6-4-9(5-7-10)12(16)14-11(13(17)18)8-2-3-8/h4-8,11,15H,2-3H2,1H3,(H,14,16)(H,17,18). The van der Waals surface area contributed by atoms with E-state index in [1.165, 1.54) is 24.3 Å². The number of sulfonamides is 1. The fourth-order valence-electron chi connectivity index (χ4n) is 1.94. The molecule has 7 nitrogen and oxygen atoms in total. The van der Waals surface area contributed by atoms with Gasteiger partial charge in [-0.15, -0.1) is 0 Å². The molecule has 1 aromatic rings. The van der Waals surface area contributed by atoms with Crippen molar-refractivity contribution in [2.24, 2.45) is 5.92 Å². The molecule has 1 atom stereocenters. The number of rotatable bonds is 6. The molecular weight excluding hydrogens is 296 g/mol. The maximum absolute atomic E-state index is 12.0. The van der Waals surface area contributed by atoms with Crippen molar-refractivity contribution in [3.63, 3.8) is 0 Å². The third-order valence-corrected chi connectivity index (χ3v) is 3.70. The van der Waals surface area contributed by atoms with Gasteiger partial charge in [0, 0.05) is 11.3 Å². The first-order valence-electron chi connectivity index (χ1n) is 6.38. The first-order chi connectivity index (χ1) is 9.76. The summed E-state index contributed by atoms with van der Waals surface area (Å²) in [6.07, 6.45) is 2.63. The smallest absolute Gasteiger partial charge is 0.326 e. The van der Waals surface area contributed by atoms with Crippen LogP contribution in [-0.2, 0) is 14.8 Å². The van der Waals surface area contributed by atoms with E-state index in [0.29, 0.717) is 5.69 Å². The fraction of sp³-hybridized carbons (Fsp3) is 0.385. The van der Waals surface area contributed by atoms with Crippen LogP contribution in [0, 0.1) is 5.92 Å². The van der Waals surface area contributed by atoms with Crippen molar-refractivity contribution >= 4 is 27.6 Å². The van der Waals surface area contributed by atoms with Gasteiger partial charge in [-0.05, 0) is 43.0 Å². The van der Waals surface area contributed by atoms with Crippen molar-refractivity contribution in [1.82, 2.24) is 5.32 Å². The molecule has 0 spiro atoms. The molecule has 8 heteroatoms. The minimum Gasteiger partial charge on any atom is -0.480 e. The zero-order chi connectivity index (χ0) is 15.6. The molecule has 0 aliphatic heterocycles. The molecule has 0 heterocycles. The summed E-state index contributed by atoms with van der Waals surface area (Å²) in [5, 5.41) is 11.5. The van der Waals surface area contributed by atoms with E-state index >= 15 is 0 Å². The molecule has 2 rings (SSSR count). The van der Waals surface area contributed by atoms with Gasteiger partial charge in [-0.25, -0.2) is 13.2 Å². The van der Waals surface area contributed by atoms with E-state index in [2.05, 4.69) is 10.0 Å². The van der Waals surface area contributed by atoms with Gasteiger partial charge in [0.15, 0.2) is 0 Å². The third kappa shape index (κ3) is 4.45. The van der Waals surface area contributed by atoms with Crippen LogP contribution in [0.1, 0.15) is 23.2 Å². The second kappa shape index (κ2) is 5.72. The Labute approximate surface area is 122 Å². The first kappa shape index (κ1) is 15.3. The lowest BCUT2D eigenvalue weighted by Gasteiger charge is -2.13. The molecule has 21 heavy (non-hydrogen) atoms. The molecule has 3 N–H and O–H groups in total. The molecular formula is C13H16N2O5S. The molecule has 1 unspecified atom stereocenters. The average molecular weight is 312 g/mol. The van der Waals surface area contributed by atoms with E-state index in [9.17, 15) is 18.0 Å². The van der Waals surface area contributed by atoms with Crippen LogP contribution in [0.5, 0.6) is 0 Å². The molecule has 1 amide bonds. The van der Waals surface area contributed by atoms with Crippen LogP contribution in [0.15, 0.2) is 24.3 Å². The van der Waals surface area contributed by atoms with Crippen molar-refractivity contribution in [1.29, 1.82) is 0 Å². The zero-order valence-electron chi connectivity index (χ0n) is 11.4. The van der Waals surface area contributed by atoms with E-state index in [0.717, 1.165) is 19.1 Å². The number of carbonyl (C=O) groups excluding carboxylic acids is 1. The van der Waals surface area contributed by atoms with E-state index in [1.54, 1.807) is 0 Å². The van der Waals surface area contributed by atoms with E-state index < -0.39 is 27.9 Å². The number of hydrogen-bond donors (Lipinski definition) is 3. The maximum atomic E-state index is 12.0. The Balaban J connectivity index is 2.04. The summed E-state index contributed by atoms with van der Waals surface area (Å²) in [6, 6.07) is 4.90. The lowest BCUT2D eigenvalue weighted by atomic mass is 10.1. The summed E-state index contributed by atoms with van der Waals surface area (Å²) in [5.41, 5.74) is 0.618. The van der Waals surface area contributed by atoms with Crippen LogP contribution in [0.3, 0.4) is 0 Å². The summed E-state index contributed by atoms with van der Waals surface area (Å²) in [6.45, 7) is 0. The molecule has 114 valence electrons. The number of carboxylic acids is 1. The molecule has 0 saturated heterocycles. The summed E-state index contributed by atoms with van der Waals surface area (Å²) < 4.78 is 24.4. The SMILES string of the molecule is CS(=O)(=O)Nc1ccc(C(=O)NC(C(=O)O)C2CC2)cc1. The second-order valence-electron chi connectivity index (χ2n) is 5.08. The number of amides is 1. The highest BCUT2D eigenvalue weighted by molar-refractivity contribution is 7.92. The van der Waals surface area contributed by atoms with Gasteiger partial charge in [0.1, 0.15) is 6.04 Å². The van der Waals surface area contributed by atoms with Crippen LogP contribution in [0.4, 0.5) is 5.69 Å². The van der Waals surface area contributed by atoms with E-state index in [-0.39, 0.29) is 11.5 Å². The molecule has 1 aliphatic rings.